The van der Waals surface area contributed by atoms with Crippen molar-refractivity contribution in [3.8, 4) is 5.75 Å². The van der Waals surface area contributed by atoms with Crippen LogP contribution in [0.2, 0.25) is 0 Å². The summed E-state index contributed by atoms with van der Waals surface area (Å²) in [7, 11) is 0. The Labute approximate surface area is 218 Å². The molecule has 144 valence electrons. The van der Waals surface area contributed by atoms with E-state index in [2.05, 4.69) is 83.1 Å². The van der Waals surface area contributed by atoms with E-state index >= 15 is 0 Å². The van der Waals surface area contributed by atoms with Gasteiger partial charge in [0.1, 0.15) is 11.9 Å². The minimum atomic E-state index is 0. The molecule has 0 fully saturated rings. The van der Waals surface area contributed by atoms with Gasteiger partial charge < -0.3 is 19.1 Å². The third-order valence-corrected chi connectivity index (χ3v) is 5.05. The fourth-order valence-electron chi connectivity index (χ4n) is 3.72. The smallest absolute Gasteiger partial charge is 0.132 e. The summed E-state index contributed by atoms with van der Waals surface area (Å²) in [5.41, 5.74) is 4.32. The van der Waals surface area contributed by atoms with Crippen molar-refractivity contribution in [3.63, 3.8) is 0 Å². The van der Waals surface area contributed by atoms with Gasteiger partial charge in [0.15, 0.2) is 0 Å². The third kappa shape index (κ3) is 5.97. The summed E-state index contributed by atoms with van der Waals surface area (Å²) in [6.45, 7) is 14.0. The van der Waals surface area contributed by atoms with Crippen LogP contribution in [0.5, 0.6) is 5.75 Å². The van der Waals surface area contributed by atoms with E-state index in [9.17, 15) is 0 Å². The van der Waals surface area contributed by atoms with Crippen LogP contribution < -0.4 is 4.74 Å². The fourth-order valence-corrected chi connectivity index (χ4v) is 3.72. The molecule has 1 aliphatic heterocycles. The number of ether oxygens (including phenoxy) is 1. The minimum Gasteiger partial charge on any atom is -0.485 e. The van der Waals surface area contributed by atoms with Gasteiger partial charge in [0, 0.05) is 82.3 Å². The van der Waals surface area contributed by atoms with Crippen LogP contribution in [0.3, 0.4) is 0 Å². The number of unbranched alkanes of at least 4 members (excludes halogenated alkanes) is 1. The van der Waals surface area contributed by atoms with E-state index in [1.165, 1.54) is 29.5 Å². The molecule has 2 aromatic rings. The van der Waals surface area contributed by atoms with Crippen LogP contribution in [0.4, 0.5) is 0 Å². The summed E-state index contributed by atoms with van der Waals surface area (Å²) < 4.78 is 6.19. The van der Waals surface area contributed by atoms with Gasteiger partial charge in [0.25, 0.3) is 0 Å². The molecule has 4 rings (SSSR count). The van der Waals surface area contributed by atoms with E-state index < -0.39 is 0 Å². The van der Waals surface area contributed by atoms with E-state index in [0.717, 1.165) is 5.75 Å². The van der Waals surface area contributed by atoms with Gasteiger partial charge in [-0.3, -0.25) is 0 Å². The van der Waals surface area contributed by atoms with E-state index in [1.54, 1.807) is 6.92 Å². The third-order valence-electron chi connectivity index (χ3n) is 5.05. The molecule has 2 unspecified atom stereocenters. The Bertz CT molecular complexity index is 665. The molecule has 0 spiro atoms. The molecule has 2 atom stereocenters. The molecular formula is C24H34OY2-2. The summed E-state index contributed by atoms with van der Waals surface area (Å²) in [5.74, 6) is 1.51. The van der Waals surface area contributed by atoms with Crippen molar-refractivity contribution < 1.29 is 70.2 Å². The molecule has 0 amide bonds. The average molecular weight is 516 g/mol. The molecule has 0 saturated heterocycles. The van der Waals surface area contributed by atoms with Crippen LogP contribution >= 0.6 is 0 Å². The molecule has 2 radical (unpaired) electrons. The second kappa shape index (κ2) is 13.6. The summed E-state index contributed by atoms with van der Waals surface area (Å²) in [5, 5.41) is 0. The molecule has 1 heterocycles. The summed E-state index contributed by atoms with van der Waals surface area (Å²) in [4.78, 5) is 0. The largest absolute Gasteiger partial charge is 0.485 e. The van der Waals surface area contributed by atoms with E-state index in [-0.39, 0.29) is 84.4 Å². The van der Waals surface area contributed by atoms with Gasteiger partial charge in [-0.05, 0) is 17.2 Å². The molecule has 0 N–H and O–H groups in total. The molecule has 2 aliphatic rings. The van der Waals surface area contributed by atoms with Crippen molar-refractivity contribution in [3.05, 3.63) is 79.6 Å². The van der Waals surface area contributed by atoms with Gasteiger partial charge in [-0.15, -0.1) is 0 Å². The van der Waals surface area contributed by atoms with Crippen molar-refractivity contribution in [2.75, 3.05) is 0 Å². The van der Waals surface area contributed by atoms with Crippen molar-refractivity contribution >= 4 is 0 Å². The van der Waals surface area contributed by atoms with Crippen molar-refractivity contribution in [2.24, 2.45) is 0 Å². The Kier molecular flexibility index (Phi) is 15.0. The molecule has 0 aromatic heterocycles. The normalized spacial score (nSPS) is 18.7. The summed E-state index contributed by atoms with van der Waals surface area (Å²) >= 11 is 0. The molecule has 3 heteroatoms. The fraction of sp³-hybridized carbons (Fsp3) is 0.417. The monoisotopic (exact) mass is 516 g/mol. The van der Waals surface area contributed by atoms with Crippen molar-refractivity contribution in [1.29, 1.82) is 0 Å². The molecule has 0 saturated carbocycles. The minimum absolute atomic E-state index is 0. The van der Waals surface area contributed by atoms with Gasteiger partial charge in [0.05, 0.1) is 0 Å². The Hall–Kier alpha value is 0.448. The van der Waals surface area contributed by atoms with E-state index in [1.807, 2.05) is 0 Å². The number of rotatable bonds is 1. The predicted octanol–water partition coefficient (Wildman–Crippen LogP) is 7.29. The van der Waals surface area contributed by atoms with Crippen molar-refractivity contribution in [1.82, 2.24) is 0 Å². The zero-order valence-electron chi connectivity index (χ0n) is 18.0. The maximum absolute atomic E-state index is 6.19. The zero-order chi connectivity index (χ0) is 17.7. The first-order chi connectivity index (χ1) is 11.6. The second-order valence-corrected chi connectivity index (χ2v) is 6.86. The van der Waals surface area contributed by atoms with Gasteiger partial charge in [-0.25, -0.2) is 0 Å². The van der Waals surface area contributed by atoms with Gasteiger partial charge in [-0.2, -0.15) is 6.92 Å². The molecule has 2 aromatic carbocycles. The molecule has 1 aliphatic carbocycles. The predicted molar refractivity (Wildman–Crippen MR) is 110 cm³/mol. The number of hydrogen-bond donors (Lipinski definition) is 0. The molecular weight excluding hydrogens is 482 g/mol. The number of para-hydroxylation sites is 1. The quantitative estimate of drug-likeness (QED) is 0.362. The Balaban J connectivity index is 0. The Morgan fingerprint density at radius 2 is 1.33 bits per heavy atom. The van der Waals surface area contributed by atoms with E-state index in [0.29, 0.717) is 5.92 Å². The van der Waals surface area contributed by atoms with Crippen LogP contribution in [0, 0.1) is 14.4 Å². The number of fused-ring (bicyclic) bond motifs is 5. The Morgan fingerprint density at radius 3 is 1.89 bits per heavy atom. The van der Waals surface area contributed by atoms with E-state index in [4.69, 9.17) is 4.74 Å². The standard InChI is InChI=1S/C17H16O.C4H10.C2H5.CH3.2Y/c1-17(2)13-9-5-3-7-11(13)16-15(17)12-8-4-6-10-14(12)18-16;1-3-4-2;1-2;;;/h3-10,15-16H,1-2H3;3-4H2,1-2H3;1H2,2H3;1H3;;/q;;2*-1;;. The van der Waals surface area contributed by atoms with Crippen molar-refractivity contribution in [2.45, 2.75) is 64.9 Å². The SMILES string of the molecule is CC1(C)c2ccccc2C2Oc3ccccc3C21.CCCC.[CH2-]C.[CH3-].[Y].[Y]. The summed E-state index contributed by atoms with van der Waals surface area (Å²) in [6.07, 6.45) is 2.84. The maximum atomic E-state index is 6.19. The van der Waals surface area contributed by atoms with Crippen LogP contribution in [0.15, 0.2) is 48.5 Å². The number of benzene rings is 2. The Morgan fingerprint density at radius 1 is 0.852 bits per heavy atom. The van der Waals surface area contributed by atoms with Crippen LogP contribution in [-0.2, 0) is 70.8 Å². The average Bonchev–Trinajstić information content (AvgIpc) is 3.12. The second-order valence-electron chi connectivity index (χ2n) is 6.86. The topological polar surface area (TPSA) is 9.23 Å². The van der Waals surface area contributed by atoms with Crippen LogP contribution in [0.25, 0.3) is 0 Å². The molecule has 0 bridgehead atoms. The zero-order valence-corrected chi connectivity index (χ0v) is 23.6. The van der Waals surface area contributed by atoms with Crippen LogP contribution in [0.1, 0.15) is 76.2 Å². The maximum Gasteiger partial charge on any atom is 0.132 e. The first-order valence-electron chi connectivity index (χ1n) is 9.17. The summed E-state index contributed by atoms with van der Waals surface area (Å²) in [6, 6.07) is 17.2. The number of hydrogen-bond acceptors (Lipinski definition) is 1. The first kappa shape index (κ1) is 29.6. The molecule has 1 nitrogen and oxygen atoms in total. The van der Waals surface area contributed by atoms with Gasteiger partial charge in [-0.1, -0.05) is 83.0 Å². The first-order valence-corrected chi connectivity index (χ1v) is 9.17. The molecule has 27 heavy (non-hydrogen) atoms. The van der Waals surface area contributed by atoms with Gasteiger partial charge >= 0.3 is 0 Å². The van der Waals surface area contributed by atoms with Crippen LogP contribution in [-0.4, -0.2) is 0 Å². The van der Waals surface area contributed by atoms with Gasteiger partial charge in [0.2, 0.25) is 0 Å².